The Labute approximate surface area is 189 Å². The van der Waals surface area contributed by atoms with Crippen LogP contribution in [0.1, 0.15) is 25.7 Å². The minimum atomic E-state index is -3.60. The third kappa shape index (κ3) is 7.35. The highest BCUT2D eigenvalue weighted by molar-refractivity contribution is 9.10. The highest BCUT2D eigenvalue weighted by atomic mass is 79.9. The fourth-order valence-corrected chi connectivity index (χ4v) is 4.38. The molecule has 7 heteroatoms. The molecular formula is C23H29BrN2O3S. The van der Waals surface area contributed by atoms with Gasteiger partial charge < -0.3 is 4.74 Å². The van der Waals surface area contributed by atoms with Crippen LogP contribution in [0.2, 0.25) is 0 Å². The monoisotopic (exact) mass is 492 g/mol. The van der Waals surface area contributed by atoms with E-state index >= 15 is 0 Å². The predicted octanol–water partition coefficient (Wildman–Crippen LogP) is 4.78. The molecule has 0 unspecified atom stereocenters. The molecule has 0 radical (unpaired) electrons. The molecule has 2 aromatic carbocycles. The number of unbranched alkanes of at least 4 members (excludes halogenated alkanes) is 3. The van der Waals surface area contributed by atoms with Crippen LogP contribution in [-0.4, -0.2) is 47.1 Å². The molecule has 0 spiro atoms. The van der Waals surface area contributed by atoms with E-state index in [9.17, 15) is 8.42 Å². The van der Waals surface area contributed by atoms with E-state index in [-0.39, 0.29) is 4.90 Å². The number of anilines is 1. The predicted molar refractivity (Wildman–Crippen MR) is 126 cm³/mol. The van der Waals surface area contributed by atoms with Crippen LogP contribution in [0, 0.1) is 12.3 Å². The van der Waals surface area contributed by atoms with Crippen LogP contribution in [0.3, 0.4) is 0 Å². The van der Waals surface area contributed by atoms with Crippen molar-refractivity contribution in [2.75, 3.05) is 38.1 Å². The third-order valence-corrected chi connectivity index (χ3v) is 7.06. The molecule has 0 aliphatic carbocycles. The Morgan fingerprint density at radius 3 is 2.23 bits per heavy atom. The number of benzene rings is 2. The van der Waals surface area contributed by atoms with Crippen molar-refractivity contribution >= 4 is 31.6 Å². The highest BCUT2D eigenvalue weighted by Crippen LogP contribution is 2.25. The minimum Gasteiger partial charge on any atom is -0.494 e. The largest absolute Gasteiger partial charge is 0.494 e. The van der Waals surface area contributed by atoms with Crippen molar-refractivity contribution in [2.45, 2.75) is 30.6 Å². The molecule has 30 heavy (non-hydrogen) atoms. The first-order valence-corrected chi connectivity index (χ1v) is 12.2. The third-order valence-electron chi connectivity index (χ3n) is 4.74. The van der Waals surface area contributed by atoms with Gasteiger partial charge in [0.15, 0.2) is 0 Å². The second-order valence-electron chi connectivity index (χ2n) is 7.12. The second kappa shape index (κ2) is 12.0. The zero-order valence-electron chi connectivity index (χ0n) is 17.6. The van der Waals surface area contributed by atoms with Crippen LogP contribution in [0.5, 0.6) is 5.75 Å². The molecule has 162 valence electrons. The Kier molecular flexibility index (Phi) is 9.70. The van der Waals surface area contributed by atoms with E-state index in [0.717, 1.165) is 42.5 Å². The van der Waals surface area contributed by atoms with E-state index in [2.05, 4.69) is 26.8 Å². The molecule has 5 nitrogen and oxygen atoms in total. The standard InChI is InChI=1S/C23H29BrN2O3S/c1-4-17-25(2)18-7-5-6-8-19-29-22-13-11-21(12-14-22)26(3)30(27,28)23-15-9-20(24)10-16-23/h1,9-16H,5-8,17-19H2,2-3H3. The second-order valence-corrected chi connectivity index (χ2v) is 10.0. The van der Waals surface area contributed by atoms with Crippen LogP contribution in [0.4, 0.5) is 5.69 Å². The van der Waals surface area contributed by atoms with Crippen molar-refractivity contribution in [3.05, 3.63) is 53.0 Å². The Balaban J connectivity index is 1.78. The molecule has 0 saturated heterocycles. The molecule has 2 aromatic rings. The van der Waals surface area contributed by atoms with Gasteiger partial charge in [0.25, 0.3) is 10.0 Å². The van der Waals surface area contributed by atoms with Crippen LogP contribution in [0.15, 0.2) is 57.9 Å². The average Bonchev–Trinajstić information content (AvgIpc) is 2.73. The van der Waals surface area contributed by atoms with E-state index < -0.39 is 10.0 Å². The van der Waals surface area contributed by atoms with Crippen molar-refractivity contribution in [2.24, 2.45) is 0 Å². The van der Waals surface area contributed by atoms with Gasteiger partial charge in [-0.25, -0.2) is 8.42 Å². The lowest BCUT2D eigenvalue weighted by Crippen LogP contribution is -2.26. The first-order valence-electron chi connectivity index (χ1n) is 9.94. The van der Waals surface area contributed by atoms with E-state index in [0.29, 0.717) is 18.8 Å². The summed E-state index contributed by atoms with van der Waals surface area (Å²) >= 11 is 3.32. The van der Waals surface area contributed by atoms with Gasteiger partial charge in [-0.05, 0) is 75.0 Å². The fraction of sp³-hybridized carbons (Fsp3) is 0.391. The molecule has 0 atom stereocenters. The van der Waals surface area contributed by atoms with Gasteiger partial charge in [0.05, 0.1) is 23.7 Å². The van der Waals surface area contributed by atoms with Crippen molar-refractivity contribution in [1.82, 2.24) is 4.90 Å². The van der Waals surface area contributed by atoms with Gasteiger partial charge >= 0.3 is 0 Å². The summed E-state index contributed by atoms with van der Waals surface area (Å²) in [7, 11) is -0.0182. The molecule has 0 saturated carbocycles. The maximum Gasteiger partial charge on any atom is 0.264 e. The number of hydrogen-bond donors (Lipinski definition) is 0. The summed E-state index contributed by atoms with van der Waals surface area (Å²) in [6, 6.07) is 13.7. The number of terminal acetylenes is 1. The maximum absolute atomic E-state index is 12.8. The van der Waals surface area contributed by atoms with Crippen LogP contribution in [0.25, 0.3) is 0 Å². The summed E-state index contributed by atoms with van der Waals surface area (Å²) in [5.74, 6) is 3.38. The fourth-order valence-electron chi connectivity index (χ4n) is 2.92. The molecule has 0 amide bonds. The zero-order valence-corrected chi connectivity index (χ0v) is 20.0. The first kappa shape index (κ1) is 24.3. The van der Waals surface area contributed by atoms with E-state index in [1.54, 1.807) is 55.6 Å². The SMILES string of the molecule is C#CCN(C)CCCCCCOc1ccc(N(C)S(=O)(=O)c2ccc(Br)cc2)cc1. The van der Waals surface area contributed by atoms with Crippen molar-refractivity contribution < 1.29 is 13.2 Å². The summed E-state index contributed by atoms with van der Waals surface area (Å²) in [6.07, 6.45) is 9.66. The normalized spacial score (nSPS) is 11.3. The Morgan fingerprint density at radius 1 is 0.967 bits per heavy atom. The van der Waals surface area contributed by atoms with Crippen LogP contribution >= 0.6 is 15.9 Å². The number of ether oxygens (including phenoxy) is 1. The molecule has 0 heterocycles. The molecular weight excluding hydrogens is 464 g/mol. The van der Waals surface area contributed by atoms with Gasteiger partial charge in [0.1, 0.15) is 5.75 Å². The van der Waals surface area contributed by atoms with Gasteiger partial charge in [0.2, 0.25) is 0 Å². The summed E-state index contributed by atoms with van der Waals surface area (Å²) in [5, 5.41) is 0. The van der Waals surface area contributed by atoms with Crippen LogP contribution in [-0.2, 0) is 10.0 Å². The summed E-state index contributed by atoms with van der Waals surface area (Å²) < 4.78 is 33.4. The van der Waals surface area contributed by atoms with E-state index in [1.807, 2.05) is 7.05 Å². The van der Waals surface area contributed by atoms with Crippen molar-refractivity contribution in [3.8, 4) is 18.1 Å². The highest BCUT2D eigenvalue weighted by Gasteiger charge is 2.21. The maximum atomic E-state index is 12.8. The molecule has 0 N–H and O–H groups in total. The van der Waals surface area contributed by atoms with Crippen molar-refractivity contribution in [3.63, 3.8) is 0 Å². The topological polar surface area (TPSA) is 49.9 Å². The molecule has 0 fully saturated rings. The van der Waals surface area contributed by atoms with Gasteiger partial charge in [-0.3, -0.25) is 9.21 Å². The van der Waals surface area contributed by atoms with Gasteiger partial charge in [0, 0.05) is 11.5 Å². The van der Waals surface area contributed by atoms with E-state index in [4.69, 9.17) is 11.2 Å². The van der Waals surface area contributed by atoms with Crippen LogP contribution < -0.4 is 9.04 Å². The Bertz CT molecular complexity index is 922. The summed E-state index contributed by atoms with van der Waals surface area (Å²) in [6.45, 7) is 2.36. The number of hydrogen-bond acceptors (Lipinski definition) is 4. The number of halogens is 1. The lowest BCUT2D eigenvalue weighted by molar-refractivity contribution is 0.300. The Morgan fingerprint density at radius 2 is 1.60 bits per heavy atom. The molecule has 2 rings (SSSR count). The number of sulfonamides is 1. The molecule has 0 bridgehead atoms. The lowest BCUT2D eigenvalue weighted by atomic mass is 10.2. The van der Waals surface area contributed by atoms with Gasteiger partial charge in [-0.2, -0.15) is 0 Å². The molecule has 0 aliphatic rings. The molecule has 0 aliphatic heterocycles. The Hall–Kier alpha value is -2.01. The van der Waals surface area contributed by atoms with Gasteiger partial charge in [-0.1, -0.05) is 34.7 Å². The minimum absolute atomic E-state index is 0.249. The number of rotatable bonds is 12. The number of nitrogens with zero attached hydrogens (tertiary/aromatic N) is 2. The van der Waals surface area contributed by atoms with E-state index in [1.165, 1.54) is 4.31 Å². The smallest absolute Gasteiger partial charge is 0.264 e. The zero-order chi connectivity index (χ0) is 22.0. The lowest BCUT2D eigenvalue weighted by Gasteiger charge is -2.20. The average molecular weight is 493 g/mol. The quantitative estimate of drug-likeness (QED) is 0.316. The summed E-state index contributed by atoms with van der Waals surface area (Å²) in [5.41, 5.74) is 0.585. The van der Waals surface area contributed by atoms with Crippen molar-refractivity contribution in [1.29, 1.82) is 0 Å². The first-order chi connectivity index (χ1) is 14.3. The summed E-state index contributed by atoms with van der Waals surface area (Å²) in [4.78, 5) is 2.39. The molecule has 0 aromatic heterocycles. The van der Waals surface area contributed by atoms with Gasteiger partial charge in [-0.15, -0.1) is 6.42 Å².